The van der Waals surface area contributed by atoms with Gasteiger partial charge in [0, 0.05) is 0 Å². The Morgan fingerprint density at radius 1 is 0.926 bits per heavy atom. The van der Waals surface area contributed by atoms with Crippen molar-refractivity contribution in [3.05, 3.63) is 86.9 Å². The summed E-state index contributed by atoms with van der Waals surface area (Å²) in [6.07, 6.45) is 0. The molecule has 0 amide bonds. The average Bonchev–Trinajstić information content (AvgIpc) is 2.65. The molecule has 3 rings (SSSR count). The van der Waals surface area contributed by atoms with Crippen LogP contribution in [0, 0.1) is 10.1 Å². The smallest absolute Gasteiger partial charge is 0.354 e. The molecule has 0 N–H and O–H groups in total. The summed E-state index contributed by atoms with van der Waals surface area (Å²) in [6, 6.07) is 18.3. The lowest BCUT2D eigenvalue weighted by Gasteiger charge is -2.13. The predicted octanol–water partition coefficient (Wildman–Crippen LogP) is 6.14. The van der Waals surface area contributed by atoms with Crippen molar-refractivity contribution in [3.8, 4) is 23.0 Å². The van der Waals surface area contributed by atoms with Crippen molar-refractivity contribution in [3.63, 3.8) is 0 Å². The Balaban J connectivity index is 2.08. The summed E-state index contributed by atoms with van der Waals surface area (Å²) < 4.78 is 11.9. The fourth-order valence-electron chi connectivity index (χ4n) is 2.45. The van der Waals surface area contributed by atoms with E-state index < -0.39 is 4.92 Å². The first-order valence-corrected chi connectivity index (χ1v) is 8.74. The summed E-state index contributed by atoms with van der Waals surface area (Å²) in [5.41, 5.74) is -0.00757. The second kappa shape index (κ2) is 8.01. The second-order valence-corrected chi connectivity index (χ2v) is 6.40. The number of hydrogen-bond acceptors (Lipinski definition) is 5. The van der Waals surface area contributed by atoms with Crippen LogP contribution in [-0.2, 0) is 0 Å². The van der Waals surface area contributed by atoms with Crippen LogP contribution >= 0.6 is 15.9 Å². The minimum absolute atomic E-state index is 0.0176. The number of benzene rings is 3. The van der Waals surface area contributed by atoms with Crippen LogP contribution < -0.4 is 9.47 Å². The van der Waals surface area contributed by atoms with Crippen molar-refractivity contribution < 1.29 is 19.2 Å². The summed E-state index contributed by atoms with van der Waals surface area (Å²) in [4.78, 5) is 23.0. The number of nitrogens with zero attached hydrogens (tertiary/aromatic N) is 1. The van der Waals surface area contributed by atoms with Gasteiger partial charge in [-0.1, -0.05) is 30.3 Å². The van der Waals surface area contributed by atoms with Gasteiger partial charge < -0.3 is 9.47 Å². The van der Waals surface area contributed by atoms with Crippen LogP contribution in [-0.4, -0.2) is 10.7 Å². The van der Waals surface area contributed by atoms with Crippen molar-refractivity contribution in [1.82, 2.24) is 0 Å². The molecule has 0 atom stereocenters. The number of carbonyl (C=O) groups excluding carboxylic acids is 1. The first-order valence-electron chi connectivity index (χ1n) is 7.95. The topological polar surface area (TPSA) is 78.7 Å². The summed E-state index contributed by atoms with van der Waals surface area (Å²) in [6.45, 7) is 1.40. The highest BCUT2D eigenvalue weighted by atomic mass is 79.9. The number of halogens is 1. The van der Waals surface area contributed by atoms with Gasteiger partial charge >= 0.3 is 5.69 Å². The van der Waals surface area contributed by atoms with Gasteiger partial charge in [0.05, 0.1) is 15.0 Å². The highest BCUT2D eigenvalue weighted by Gasteiger charge is 2.27. The van der Waals surface area contributed by atoms with E-state index in [2.05, 4.69) is 15.9 Å². The van der Waals surface area contributed by atoms with Gasteiger partial charge in [-0.05, 0) is 59.3 Å². The molecule has 0 saturated heterocycles. The Morgan fingerprint density at radius 3 is 2.26 bits per heavy atom. The van der Waals surface area contributed by atoms with E-state index in [4.69, 9.17) is 9.47 Å². The molecule has 6 nitrogen and oxygen atoms in total. The predicted molar refractivity (Wildman–Crippen MR) is 104 cm³/mol. The molecule has 0 radical (unpaired) electrons. The highest BCUT2D eigenvalue weighted by Crippen LogP contribution is 2.45. The number of ketones is 1. The zero-order valence-corrected chi connectivity index (χ0v) is 15.8. The van der Waals surface area contributed by atoms with E-state index in [0.717, 1.165) is 0 Å². The fourth-order valence-corrected chi connectivity index (χ4v) is 2.85. The average molecular weight is 428 g/mol. The number of rotatable bonds is 6. The molecule has 0 aliphatic rings. The molecule has 0 heterocycles. The van der Waals surface area contributed by atoms with E-state index in [1.165, 1.54) is 13.0 Å². The lowest BCUT2D eigenvalue weighted by atomic mass is 10.1. The van der Waals surface area contributed by atoms with E-state index in [9.17, 15) is 14.9 Å². The van der Waals surface area contributed by atoms with E-state index in [-0.39, 0.29) is 28.7 Å². The lowest BCUT2D eigenvalue weighted by Crippen LogP contribution is -2.01. The maximum atomic E-state index is 11.8. The van der Waals surface area contributed by atoms with Crippen molar-refractivity contribution in [1.29, 1.82) is 0 Å². The van der Waals surface area contributed by atoms with E-state index >= 15 is 0 Å². The van der Waals surface area contributed by atoms with Crippen LogP contribution in [0.4, 0.5) is 5.69 Å². The van der Waals surface area contributed by atoms with Gasteiger partial charge in [-0.3, -0.25) is 14.9 Å². The van der Waals surface area contributed by atoms with Crippen molar-refractivity contribution in [2.75, 3.05) is 0 Å². The largest absolute Gasteiger partial charge is 0.449 e. The molecule has 136 valence electrons. The molecule has 0 fully saturated rings. The minimum Gasteiger partial charge on any atom is -0.449 e. The number of nitro groups is 1. The highest BCUT2D eigenvalue weighted by molar-refractivity contribution is 9.10. The second-order valence-electron chi connectivity index (χ2n) is 5.55. The van der Waals surface area contributed by atoms with Gasteiger partial charge in [-0.25, -0.2) is 0 Å². The van der Waals surface area contributed by atoms with Crippen LogP contribution in [0.2, 0.25) is 0 Å². The third-order valence-electron chi connectivity index (χ3n) is 3.68. The van der Waals surface area contributed by atoms with Crippen LogP contribution in [0.3, 0.4) is 0 Å². The molecule has 0 bridgehead atoms. The molecule has 0 aromatic heterocycles. The molecule has 0 unspecified atom stereocenters. The summed E-state index contributed by atoms with van der Waals surface area (Å²) in [7, 11) is 0. The normalized spacial score (nSPS) is 10.3. The molecule has 0 aliphatic carbocycles. The van der Waals surface area contributed by atoms with Crippen molar-refractivity contribution >= 4 is 27.4 Å². The number of hydrogen-bond donors (Lipinski definition) is 0. The van der Waals surface area contributed by atoms with Gasteiger partial charge in [-0.2, -0.15) is 0 Å². The Bertz CT molecular complexity index is 1000. The molecule has 27 heavy (non-hydrogen) atoms. The molecular weight excluding hydrogens is 414 g/mol. The van der Waals surface area contributed by atoms with Crippen molar-refractivity contribution in [2.45, 2.75) is 6.92 Å². The zero-order chi connectivity index (χ0) is 19.4. The number of carbonyl (C=O) groups is 1. The van der Waals surface area contributed by atoms with Crippen LogP contribution in [0.15, 0.2) is 71.2 Å². The van der Waals surface area contributed by atoms with Crippen LogP contribution in [0.25, 0.3) is 0 Å². The SMILES string of the molecule is CC(=O)c1ccccc1Oc1ccc(Br)c(Oc2ccccc2)c1[N+](=O)[O-]. The van der Waals surface area contributed by atoms with E-state index in [0.29, 0.717) is 15.8 Å². The van der Waals surface area contributed by atoms with Gasteiger partial charge in [0.25, 0.3) is 0 Å². The molecular formula is C20H14BrNO5. The van der Waals surface area contributed by atoms with Gasteiger partial charge in [0.1, 0.15) is 11.5 Å². The molecule has 3 aromatic carbocycles. The standard InChI is InChI=1S/C20H14BrNO5/c1-13(23)15-9-5-6-10-17(15)27-18-12-11-16(21)20(19(18)22(24)25)26-14-7-3-2-4-8-14/h2-12H,1H3. The maximum absolute atomic E-state index is 11.8. The maximum Gasteiger partial charge on any atom is 0.354 e. The minimum atomic E-state index is -0.575. The summed E-state index contributed by atoms with van der Waals surface area (Å²) in [5.74, 6) is 0.474. The first-order chi connectivity index (χ1) is 13.0. The number of nitro benzene ring substituents is 1. The van der Waals surface area contributed by atoms with Gasteiger partial charge in [0.2, 0.25) is 11.5 Å². The number of ether oxygens (including phenoxy) is 2. The quantitative estimate of drug-likeness (QED) is 0.268. The lowest BCUT2D eigenvalue weighted by molar-refractivity contribution is -0.386. The van der Waals surface area contributed by atoms with Crippen molar-refractivity contribution in [2.24, 2.45) is 0 Å². The molecule has 0 spiro atoms. The Hall–Kier alpha value is -3.19. The van der Waals surface area contributed by atoms with E-state index in [1.807, 2.05) is 6.07 Å². The van der Waals surface area contributed by atoms with Gasteiger partial charge in [0.15, 0.2) is 5.78 Å². The number of para-hydroxylation sites is 2. The molecule has 0 aliphatic heterocycles. The van der Waals surface area contributed by atoms with E-state index in [1.54, 1.807) is 54.6 Å². The molecule has 7 heteroatoms. The third-order valence-corrected chi connectivity index (χ3v) is 4.30. The Labute approximate surface area is 163 Å². The fraction of sp³-hybridized carbons (Fsp3) is 0.0500. The third kappa shape index (κ3) is 4.15. The number of Topliss-reactive ketones (excluding diaryl/α,β-unsaturated/α-hetero) is 1. The Morgan fingerprint density at radius 2 is 1.59 bits per heavy atom. The molecule has 0 saturated carbocycles. The van der Waals surface area contributed by atoms with Gasteiger partial charge in [-0.15, -0.1) is 0 Å². The van der Waals surface area contributed by atoms with Crippen LogP contribution in [0.5, 0.6) is 23.0 Å². The monoisotopic (exact) mass is 427 g/mol. The zero-order valence-electron chi connectivity index (χ0n) is 14.2. The molecule has 3 aromatic rings. The van der Waals surface area contributed by atoms with Crippen LogP contribution in [0.1, 0.15) is 17.3 Å². The summed E-state index contributed by atoms with van der Waals surface area (Å²) >= 11 is 3.29. The summed E-state index contributed by atoms with van der Waals surface area (Å²) in [5, 5.41) is 11.8. The Kier molecular flexibility index (Phi) is 5.52. The first kappa shape index (κ1) is 18.6.